The fourth-order valence-corrected chi connectivity index (χ4v) is 2.40. The number of hydrogen-bond donors (Lipinski definition) is 1. The molecular weight excluding hydrogens is 306 g/mol. The Morgan fingerprint density at radius 1 is 1.16 bits per heavy atom. The first-order valence-corrected chi connectivity index (χ1v) is 8.07. The second-order valence-electron chi connectivity index (χ2n) is 4.27. The average Bonchev–Trinajstić information content (AvgIpc) is 2.44. The van der Waals surface area contributed by atoms with Crippen molar-refractivity contribution in [2.75, 3.05) is 25.1 Å². The minimum atomic E-state index is 0.560. The molecule has 0 aliphatic rings. The van der Waals surface area contributed by atoms with Crippen molar-refractivity contribution >= 4 is 15.9 Å². The first-order valence-electron chi connectivity index (χ1n) is 6.95. The van der Waals surface area contributed by atoms with Crippen LogP contribution in [0.3, 0.4) is 0 Å². The highest BCUT2D eigenvalue weighted by Gasteiger charge is 2.05. The summed E-state index contributed by atoms with van der Waals surface area (Å²) in [5.41, 5.74) is 0. The molecule has 19 heavy (non-hydrogen) atoms. The summed E-state index contributed by atoms with van der Waals surface area (Å²) < 4.78 is 11.3. The minimum absolute atomic E-state index is 0.560. The van der Waals surface area contributed by atoms with Crippen LogP contribution in [-0.4, -0.2) is 31.1 Å². The van der Waals surface area contributed by atoms with E-state index in [0.717, 1.165) is 36.2 Å². The van der Waals surface area contributed by atoms with Crippen LogP contribution in [0.1, 0.15) is 26.7 Å². The largest absolute Gasteiger partial charge is 0.490 e. The Labute approximate surface area is 124 Å². The van der Waals surface area contributed by atoms with Crippen molar-refractivity contribution < 1.29 is 9.47 Å². The topological polar surface area (TPSA) is 30.5 Å². The smallest absolute Gasteiger partial charge is 0.161 e. The fraction of sp³-hybridized carbons (Fsp3) is 0.600. The van der Waals surface area contributed by atoms with Crippen LogP contribution in [0.5, 0.6) is 11.5 Å². The second-order valence-corrected chi connectivity index (χ2v) is 5.06. The van der Waals surface area contributed by atoms with E-state index in [1.165, 1.54) is 0 Å². The van der Waals surface area contributed by atoms with Gasteiger partial charge in [0.25, 0.3) is 0 Å². The molecule has 0 aromatic heterocycles. The molecule has 1 aromatic carbocycles. The number of benzene rings is 1. The van der Waals surface area contributed by atoms with Gasteiger partial charge < -0.3 is 14.8 Å². The Hall–Kier alpha value is -0.740. The monoisotopic (exact) mass is 329 g/mol. The van der Waals surface area contributed by atoms with Crippen molar-refractivity contribution in [3.63, 3.8) is 0 Å². The van der Waals surface area contributed by atoms with Gasteiger partial charge in [-0.25, -0.2) is 0 Å². The number of alkyl halides is 1. The van der Waals surface area contributed by atoms with Gasteiger partial charge in [0, 0.05) is 17.9 Å². The molecule has 0 aliphatic heterocycles. The predicted octanol–water partition coefficient (Wildman–Crippen LogP) is 3.62. The molecule has 0 fully saturated rings. The highest BCUT2D eigenvalue weighted by atomic mass is 79.9. The Bertz CT molecular complexity index is 347. The van der Waals surface area contributed by atoms with Crippen LogP contribution in [0.2, 0.25) is 0 Å². The molecule has 108 valence electrons. The van der Waals surface area contributed by atoms with Crippen molar-refractivity contribution in [2.45, 2.75) is 32.7 Å². The van der Waals surface area contributed by atoms with E-state index >= 15 is 0 Å². The zero-order chi connectivity index (χ0) is 13.9. The first kappa shape index (κ1) is 16.3. The molecule has 0 saturated heterocycles. The fourth-order valence-electron chi connectivity index (χ4n) is 1.85. The van der Waals surface area contributed by atoms with Gasteiger partial charge in [-0.1, -0.05) is 35.0 Å². The van der Waals surface area contributed by atoms with E-state index in [-0.39, 0.29) is 0 Å². The molecule has 1 aromatic rings. The molecule has 0 spiro atoms. The summed E-state index contributed by atoms with van der Waals surface area (Å²) in [4.78, 5) is 0. The van der Waals surface area contributed by atoms with Gasteiger partial charge in [-0.2, -0.15) is 0 Å². The summed E-state index contributed by atoms with van der Waals surface area (Å²) in [6, 6.07) is 8.36. The summed E-state index contributed by atoms with van der Waals surface area (Å²) in [7, 11) is 0. The second kappa shape index (κ2) is 10.1. The van der Waals surface area contributed by atoms with Crippen molar-refractivity contribution in [1.82, 2.24) is 5.32 Å². The quantitative estimate of drug-likeness (QED) is 0.525. The molecule has 1 rings (SSSR count). The zero-order valence-electron chi connectivity index (χ0n) is 11.8. The van der Waals surface area contributed by atoms with Gasteiger partial charge in [-0.3, -0.25) is 0 Å². The number of hydrogen-bond acceptors (Lipinski definition) is 3. The lowest BCUT2D eigenvalue weighted by atomic mass is 10.2. The predicted molar refractivity (Wildman–Crippen MR) is 83.6 cm³/mol. The molecule has 0 aliphatic carbocycles. The molecule has 0 saturated carbocycles. The van der Waals surface area contributed by atoms with Gasteiger partial charge >= 0.3 is 0 Å². The number of para-hydroxylation sites is 2. The summed E-state index contributed by atoms with van der Waals surface area (Å²) in [6.45, 7) is 6.34. The minimum Gasteiger partial charge on any atom is -0.490 e. The molecule has 1 N–H and O–H groups in total. The Kier molecular flexibility index (Phi) is 8.67. The van der Waals surface area contributed by atoms with Crippen molar-refractivity contribution in [1.29, 1.82) is 0 Å². The van der Waals surface area contributed by atoms with Crippen LogP contribution in [0.15, 0.2) is 24.3 Å². The van der Waals surface area contributed by atoms with Crippen LogP contribution in [-0.2, 0) is 0 Å². The highest BCUT2D eigenvalue weighted by Crippen LogP contribution is 2.26. The lowest BCUT2D eigenvalue weighted by molar-refractivity contribution is 0.270. The maximum Gasteiger partial charge on any atom is 0.161 e. The molecule has 4 heteroatoms. The molecule has 1 unspecified atom stereocenters. The molecule has 3 nitrogen and oxygen atoms in total. The number of nitrogens with one attached hydrogen (secondary N) is 1. The van der Waals surface area contributed by atoms with E-state index < -0.39 is 0 Å². The number of ether oxygens (including phenoxy) is 2. The van der Waals surface area contributed by atoms with Crippen LogP contribution < -0.4 is 14.8 Å². The Morgan fingerprint density at radius 2 is 1.84 bits per heavy atom. The summed E-state index contributed by atoms with van der Waals surface area (Å²) in [6.07, 6.45) is 2.28. The molecule has 1 atom stereocenters. The number of halogens is 1. The third kappa shape index (κ3) is 6.30. The van der Waals surface area contributed by atoms with Crippen LogP contribution in [0.4, 0.5) is 0 Å². The maximum absolute atomic E-state index is 5.76. The van der Waals surface area contributed by atoms with E-state index in [1.807, 2.05) is 31.2 Å². The number of rotatable bonds is 10. The summed E-state index contributed by atoms with van der Waals surface area (Å²) in [5.74, 6) is 1.64. The zero-order valence-corrected chi connectivity index (χ0v) is 13.4. The van der Waals surface area contributed by atoms with Gasteiger partial charge in [0.15, 0.2) is 11.5 Å². The molecule has 0 radical (unpaired) electrons. The van der Waals surface area contributed by atoms with Gasteiger partial charge in [-0.05, 0) is 31.9 Å². The van der Waals surface area contributed by atoms with E-state index in [1.54, 1.807) is 0 Å². The summed E-state index contributed by atoms with van der Waals surface area (Å²) in [5, 5.41) is 4.53. The summed E-state index contributed by atoms with van der Waals surface area (Å²) >= 11 is 3.48. The normalized spacial score (nSPS) is 12.2. The van der Waals surface area contributed by atoms with Crippen molar-refractivity contribution in [2.24, 2.45) is 0 Å². The van der Waals surface area contributed by atoms with Crippen LogP contribution in [0, 0.1) is 0 Å². The van der Waals surface area contributed by atoms with Crippen molar-refractivity contribution in [3.05, 3.63) is 24.3 Å². The lowest BCUT2D eigenvalue weighted by Gasteiger charge is -2.16. The molecular formula is C15H24BrNO2. The highest BCUT2D eigenvalue weighted by molar-refractivity contribution is 9.09. The SMILES string of the molecule is CCOc1ccccc1OCCNC(CC)CCBr. The van der Waals surface area contributed by atoms with Crippen LogP contribution >= 0.6 is 15.9 Å². The van der Waals surface area contributed by atoms with Crippen molar-refractivity contribution in [3.8, 4) is 11.5 Å². The molecule has 0 amide bonds. The average molecular weight is 330 g/mol. The van der Waals surface area contributed by atoms with E-state index in [4.69, 9.17) is 9.47 Å². The Morgan fingerprint density at radius 3 is 2.42 bits per heavy atom. The standard InChI is InChI=1S/C15H24BrNO2/c1-3-13(9-10-16)17-11-12-19-15-8-6-5-7-14(15)18-4-2/h5-8,13,17H,3-4,9-12H2,1-2H3. The van der Waals surface area contributed by atoms with Gasteiger partial charge in [0.05, 0.1) is 6.61 Å². The van der Waals surface area contributed by atoms with Gasteiger partial charge in [-0.15, -0.1) is 0 Å². The van der Waals surface area contributed by atoms with Crippen LogP contribution in [0.25, 0.3) is 0 Å². The van der Waals surface area contributed by atoms with E-state index in [0.29, 0.717) is 19.3 Å². The van der Waals surface area contributed by atoms with E-state index in [2.05, 4.69) is 28.2 Å². The van der Waals surface area contributed by atoms with Gasteiger partial charge in [0.2, 0.25) is 0 Å². The lowest BCUT2D eigenvalue weighted by Crippen LogP contribution is -2.32. The Balaban J connectivity index is 2.32. The van der Waals surface area contributed by atoms with E-state index in [9.17, 15) is 0 Å². The molecule has 0 heterocycles. The third-order valence-corrected chi connectivity index (χ3v) is 3.35. The first-order chi connectivity index (χ1) is 9.31. The molecule has 0 bridgehead atoms. The third-order valence-electron chi connectivity index (χ3n) is 2.89. The maximum atomic E-state index is 5.76. The van der Waals surface area contributed by atoms with Gasteiger partial charge in [0.1, 0.15) is 6.61 Å².